The Bertz CT molecular complexity index is 1650. The first-order valence-corrected chi connectivity index (χ1v) is 16.9. The topological polar surface area (TPSA) is 130 Å². The van der Waals surface area contributed by atoms with Crippen molar-refractivity contribution in [1.29, 1.82) is 0 Å². The molecule has 50 heavy (non-hydrogen) atoms. The zero-order chi connectivity index (χ0) is 35.6. The Labute approximate surface area is 294 Å². The third-order valence-corrected chi connectivity index (χ3v) is 9.40. The van der Waals surface area contributed by atoms with Crippen molar-refractivity contribution in [2.75, 3.05) is 26.0 Å². The summed E-state index contributed by atoms with van der Waals surface area (Å²) in [6.07, 6.45) is -1.65. The molecule has 0 unspecified atom stereocenters. The highest BCUT2D eigenvalue weighted by Gasteiger charge is 2.39. The Balaban J connectivity index is 1.30. The highest BCUT2D eigenvalue weighted by atomic mass is 16.7. The third-order valence-electron chi connectivity index (χ3n) is 9.40. The van der Waals surface area contributed by atoms with Gasteiger partial charge in [0.25, 0.3) is 0 Å². The van der Waals surface area contributed by atoms with Crippen LogP contribution < -0.4 is 10.6 Å². The van der Waals surface area contributed by atoms with Crippen LogP contribution in [0.25, 0.3) is 0 Å². The maximum Gasteiger partial charge on any atom is 0.328 e. The van der Waals surface area contributed by atoms with Crippen molar-refractivity contribution in [3.63, 3.8) is 0 Å². The molecule has 1 saturated heterocycles. The Morgan fingerprint density at radius 1 is 0.860 bits per heavy atom. The number of nitrogens with one attached hydrogen (secondary N) is 2. The van der Waals surface area contributed by atoms with E-state index in [-0.39, 0.29) is 30.8 Å². The number of carbonyl (C=O) groups is 2. The first kappa shape index (κ1) is 36.7. The largest absolute Gasteiger partial charge is 0.467 e. The summed E-state index contributed by atoms with van der Waals surface area (Å²) in [6.45, 7) is 4.60. The molecule has 7 atom stereocenters. The zero-order valence-corrected chi connectivity index (χ0v) is 28.9. The number of hydrogen-bond acceptors (Lipinski definition) is 8. The molecule has 4 aromatic carbocycles. The van der Waals surface area contributed by atoms with E-state index in [1.54, 1.807) is 12.1 Å². The third kappa shape index (κ3) is 9.35. The van der Waals surface area contributed by atoms with Gasteiger partial charge in [-0.3, -0.25) is 4.90 Å². The maximum absolute atomic E-state index is 12.9. The number of rotatable bonds is 13. The summed E-state index contributed by atoms with van der Waals surface area (Å²) in [7, 11) is 3.28. The number of carbonyl (C=O) groups excluding carboxylic acids is 2. The van der Waals surface area contributed by atoms with E-state index in [0.29, 0.717) is 18.7 Å². The standard InChI is InChI=1S/C40H47N3O7/c1-26-35(24-43(3)27(2)36(45)30-13-9-6-10-14-30)49-39(50-37(26)31-17-15-29(25-44)16-18-31)32-19-21-33(22-20-32)41-40(47)42-34(38(46)48-4)23-28-11-7-5-8-12-28/h5-22,26-27,34-37,39,44-45H,23-25H2,1-4H3,(H2,41,42,47)/t26-,27+,34-,35+,36+,37+,39+/m0/s1. The van der Waals surface area contributed by atoms with Crippen molar-refractivity contribution in [2.24, 2.45) is 5.92 Å². The van der Waals surface area contributed by atoms with Crippen LogP contribution in [0.4, 0.5) is 10.5 Å². The molecule has 1 heterocycles. The minimum absolute atomic E-state index is 0.0435. The predicted octanol–water partition coefficient (Wildman–Crippen LogP) is 5.93. The van der Waals surface area contributed by atoms with Crippen LogP contribution in [0.3, 0.4) is 0 Å². The molecule has 10 heteroatoms. The van der Waals surface area contributed by atoms with Crippen molar-refractivity contribution in [1.82, 2.24) is 10.2 Å². The van der Waals surface area contributed by atoms with Gasteiger partial charge in [-0.2, -0.15) is 0 Å². The molecular weight excluding hydrogens is 634 g/mol. The average Bonchev–Trinajstić information content (AvgIpc) is 3.15. The van der Waals surface area contributed by atoms with E-state index in [0.717, 1.165) is 27.8 Å². The Morgan fingerprint density at radius 3 is 2.10 bits per heavy atom. The molecule has 0 saturated carbocycles. The molecule has 5 rings (SSSR count). The molecule has 0 aliphatic carbocycles. The first-order valence-electron chi connectivity index (χ1n) is 16.9. The number of benzene rings is 4. The van der Waals surface area contributed by atoms with Crippen LogP contribution in [0.5, 0.6) is 0 Å². The summed E-state index contributed by atoms with van der Waals surface area (Å²) in [5.41, 5.74) is 4.82. The van der Waals surface area contributed by atoms with Gasteiger partial charge < -0.3 is 35.1 Å². The monoisotopic (exact) mass is 681 g/mol. The van der Waals surface area contributed by atoms with E-state index in [1.807, 2.05) is 111 Å². The number of urea groups is 1. The lowest BCUT2D eigenvalue weighted by Crippen LogP contribution is -2.46. The van der Waals surface area contributed by atoms with Gasteiger partial charge in [0.15, 0.2) is 6.29 Å². The normalized spacial score (nSPS) is 20.8. The van der Waals surface area contributed by atoms with E-state index >= 15 is 0 Å². The lowest BCUT2D eigenvalue weighted by atomic mass is 9.89. The molecule has 264 valence electrons. The number of ether oxygens (including phenoxy) is 3. The number of likely N-dealkylation sites (N-methyl/N-ethyl adjacent to an activating group) is 1. The van der Waals surface area contributed by atoms with Crippen LogP contribution in [0, 0.1) is 5.92 Å². The van der Waals surface area contributed by atoms with Crippen LogP contribution in [-0.4, -0.2) is 66.0 Å². The molecule has 0 radical (unpaired) electrons. The first-order chi connectivity index (χ1) is 24.2. The molecule has 0 bridgehead atoms. The fourth-order valence-corrected chi connectivity index (χ4v) is 6.18. The number of nitrogens with zero attached hydrogens (tertiary/aromatic N) is 1. The van der Waals surface area contributed by atoms with Gasteiger partial charge in [0.1, 0.15) is 6.04 Å². The lowest BCUT2D eigenvalue weighted by Gasteiger charge is -2.43. The van der Waals surface area contributed by atoms with E-state index in [9.17, 15) is 19.8 Å². The van der Waals surface area contributed by atoms with Gasteiger partial charge in [-0.1, -0.05) is 104 Å². The second-order valence-corrected chi connectivity index (χ2v) is 12.8. The zero-order valence-electron chi connectivity index (χ0n) is 28.9. The average molecular weight is 682 g/mol. The van der Waals surface area contributed by atoms with E-state index in [4.69, 9.17) is 14.2 Å². The van der Waals surface area contributed by atoms with Gasteiger partial charge in [-0.15, -0.1) is 0 Å². The van der Waals surface area contributed by atoms with Crippen molar-refractivity contribution >= 4 is 17.7 Å². The van der Waals surface area contributed by atoms with E-state index in [2.05, 4.69) is 22.5 Å². The lowest BCUT2D eigenvalue weighted by molar-refractivity contribution is -0.276. The fourth-order valence-electron chi connectivity index (χ4n) is 6.18. The highest BCUT2D eigenvalue weighted by Crippen LogP contribution is 2.42. The van der Waals surface area contributed by atoms with Gasteiger partial charge in [-0.05, 0) is 48.4 Å². The molecular formula is C40H47N3O7. The molecule has 1 aliphatic heterocycles. The Hall–Kier alpha value is -4.58. The summed E-state index contributed by atoms with van der Waals surface area (Å²) in [5, 5.41) is 26.2. The van der Waals surface area contributed by atoms with Gasteiger partial charge in [0, 0.05) is 36.2 Å². The van der Waals surface area contributed by atoms with Crippen molar-refractivity contribution in [3.8, 4) is 0 Å². The second-order valence-electron chi connectivity index (χ2n) is 12.8. The van der Waals surface area contributed by atoms with Crippen molar-refractivity contribution < 1.29 is 34.0 Å². The summed E-state index contributed by atoms with van der Waals surface area (Å²) in [5.74, 6) is -0.581. The van der Waals surface area contributed by atoms with Gasteiger partial charge in [-0.25, -0.2) is 9.59 Å². The van der Waals surface area contributed by atoms with Crippen LogP contribution in [-0.2, 0) is 32.0 Å². The van der Waals surface area contributed by atoms with Crippen LogP contribution in [0.1, 0.15) is 60.2 Å². The number of hydrogen-bond donors (Lipinski definition) is 4. The van der Waals surface area contributed by atoms with E-state index < -0.39 is 30.4 Å². The minimum Gasteiger partial charge on any atom is -0.467 e. The number of aliphatic hydroxyl groups excluding tert-OH is 2. The van der Waals surface area contributed by atoms with Crippen LogP contribution in [0.2, 0.25) is 0 Å². The number of esters is 1. The molecule has 4 aromatic rings. The van der Waals surface area contributed by atoms with Gasteiger partial charge in [0.05, 0.1) is 32.0 Å². The fraction of sp³-hybridized carbons (Fsp3) is 0.350. The summed E-state index contributed by atoms with van der Waals surface area (Å²) >= 11 is 0. The second kappa shape index (κ2) is 17.4. The van der Waals surface area contributed by atoms with Gasteiger partial charge >= 0.3 is 12.0 Å². The number of amides is 2. The minimum atomic E-state index is -0.859. The quantitative estimate of drug-likeness (QED) is 0.128. The smallest absolute Gasteiger partial charge is 0.328 e. The Morgan fingerprint density at radius 2 is 1.48 bits per heavy atom. The molecule has 1 aliphatic rings. The highest BCUT2D eigenvalue weighted by molar-refractivity contribution is 5.92. The molecule has 0 spiro atoms. The number of aliphatic hydroxyl groups is 2. The summed E-state index contributed by atoms with van der Waals surface area (Å²) < 4.78 is 18.1. The van der Waals surface area contributed by atoms with Crippen molar-refractivity contribution in [3.05, 3.63) is 137 Å². The molecule has 0 aromatic heterocycles. The number of methoxy groups -OCH3 is 1. The van der Waals surface area contributed by atoms with Crippen molar-refractivity contribution in [2.45, 2.75) is 63.6 Å². The molecule has 4 N–H and O–H groups in total. The maximum atomic E-state index is 12.9. The van der Waals surface area contributed by atoms with Crippen LogP contribution in [0.15, 0.2) is 109 Å². The van der Waals surface area contributed by atoms with Crippen LogP contribution >= 0.6 is 0 Å². The Kier molecular flexibility index (Phi) is 12.8. The summed E-state index contributed by atoms with van der Waals surface area (Å²) in [4.78, 5) is 27.5. The predicted molar refractivity (Wildman–Crippen MR) is 191 cm³/mol. The molecule has 2 amide bonds. The van der Waals surface area contributed by atoms with Gasteiger partial charge in [0.2, 0.25) is 0 Å². The summed E-state index contributed by atoms with van der Waals surface area (Å²) in [6, 6.07) is 32.4. The van der Waals surface area contributed by atoms with E-state index in [1.165, 1.54) is 7.11 Å². The molecule has 10 nitrogen and oxygen atoms in total. The number of anilines is 1. The SMILES string of the molecule is COC(=O)[C@H](Cc1ccccc1)NC(=O)Nc1ccc([C@@H]2O[C@H](CN(C)[C@H](C)[C@@H](O)c3ccccc3)[C@H](C)[C@H](c3ccc(CO)cc3)O2)cc1. The molecule has 1 fully saturated rings.